The van der Waals surface area contributed by atoms with Crippen molar-refractivity contribution in [3.05, 3.63) is 47.8 Å². The number of methoxy groups -OCH3 is 1. The summed E-state index contributed by atoms with van der Waals surface area (Å²) in [7, 11) is 1.33. The second kappa shape index (κ2) is 7.82. The van der Waals surface area contributed by atoms with Crippen molar-refractivity contribution in [1.82, 2.24) is 9.78 Å². The lowest BCUT2D eigenvalue weighted by molar-refractivity contribution is -0.156. The number of ether oxygens (including phenoxy) is 3. The molecule has 146 valence electrons. The predicted octanol–water partition coefficient (Wildman–Crippen LogP) is 3.22. The van der Waals surface area contributed by atoms with Crippen LogP contribution in [0.5, 0.6) is 5.75 Å². The summed E-state index contributed by atoms with van der Waals surface area (Å²) in [5.74, 6) is -0.288. The third-order valence-corrected chi connectivity index (χ3v) is 3.59. The lowest BCUT2D eigenvalue weighted by Crippen LogP contribution is -2.39. The summed E-state index contributed by atoms with van der Waals surface area (Å²) in [6.45, 7) is 9.24. The number of hydrogen-bond donors (Lipinski definition) is 0. The first-order valence-electron chi connectivity index (χ1n) is 8.62. The first-order chi connectivity index (χ1) is 12.5. The van der Waals surface area contributed by atoms with Gasteiger partial charge in [-0.3, -0.25) is 4.68 Å². The van der Waals surface area contributed by atoms with E-state index in [-0.39, 0.29) is 0 Å². The van der Waals surface area contributed by atoms with Crippen LogP contribution >= 0.6 is 0 Å². The second-order valence-electron chi connectivity index (χ2n) is 7.68. The van der Waals surface area contributed by atoms with E-state index in [1.165, 1.54) is 13.3 Å². The van der Waals surface area contributed by atoms with Gasteiger partial charge in [0.2, 0.25) is 0 Å². The van der Waals surface area contributed by atoms with Gasteiger partial charge >= 0.3 is 11.9 Å². The quantitative estimate of drug-likeness (QED) is 0.723. The van der Waals surface area contributed by atoms with E-state index in [0.717, 1.165) is 5.56 Å². The van der Waals surface area contributed by atoms with Crippen LogP contribution in [0.15, 0.2) is 36.7 Å². The van der Waals surface area contributed by atoms with Crippen LogP contribution in [0.1, 0.15) is 50.5 Å². The number of aromatic nitrogens is 2. The minimum Gasteiger partial charge on any atom is -0.476 e. The molecule has 0 unspecified atom stereocenters. The van der Waals surface area contributed by atoms with E-state index in [1.54, 1.807) is 36.9 Å². The molecule has 2 aromatic rings. The highest BCUT2D eigenvalue weighted by Gasteiger charge is 2.31. The summed E-state index contributed by atoms with van der Waals surface area (Å²) < 4.78 is 17.4. The Kier molecular flexibility index (Phi) is 5.93. The Morgan fingerprint density at radius 2 is 1.70 bits per heavy atom. The van der Waals surface area contributed by atoms with Crippen LogP contribution in [0.3, 0.4) is 0 Å². The summed E-state index contributed by atoms with van der Waals surface area (Å²) in [6, 6.07) is 7.30. The van der Waals surface area contributed by atoms with Crippen LogP contribution in [0.4, 0.5) is 0 Å². The van der Waals surface area contributed by atoms with Gasteiger partial charge in [0.25, 0.3) is 0 Å². The zero-order chi connectivity index (χ0) is 20.2. The highest BCUT2D eigenvalue weighted by Crippen LogP contribution is 2.20. The summed E-state index contributed by atoms with van der Waals surface area (Å²) in [5, 5.41) is 4.20. The van der Waals surface area contributed by atoms with Crippen molar-refractivity contribution in [2.24, 2.45) is 0 Å². The van der Waals surface area contributed by atoms with Crippen LogP contribution in [-0.2, 0) is 20.8 Å². The number of hydrogen-bond acceptors (Lipinski definition) is 6. The molecule has 0 radical (unpaired) electrons. The van der Waals surface area contributed by atoms with Crippen LogP contribution in [0, 0.1) is 0 Å². The maximum absolute atomic E-state index is 12.1. The van der Waals surface area contributed by atoms with Crippen molar-refractivity contribution in [2.45, 2.75) is 52.4 Å². The first-order valence-corrected chi connectivity index (χ1v) is 8.62. The average molecular weight is 374 g/mol. The van der Waals surface area contributed by atoms with Gasteiger partial charge < -0.3 is 14.2 Å². The van der Waals surface area contributed by atoms with Gasteiger partial charge in [-0.1, -0.05) is 12.1 Å². The third-order valence-electron chi connectivity index (χ3n) is 3.59. The van der Waals surface area contributed by atoms with Crippen LogP contribution in [0.2, 0.25) is 0 Å². The topological polar surface area (TPSA) is 79.7 Å². The van der Waals surface area contributed by atoms with Crippen molar-refractivity contribution in [1.29, 1.82) is 0 Å². The Hall–Kier alpha value is -2.83. The average Bonchev–Trinajstić information content (AvgIpc) is 3.03. The molecule has 27 heavy (non-hydrogen) atoms. The summed E-state index contributed by atoms with van der Waals surface area (Å²) in [6.07, 6.45) is 3.14. The fourth-order valence-electron chi connectivity index (χ4n) is 2.32. The molecule has 0 saturated heterocycles. The number of carbonyl (C=O) groups excluding carboxylic acids is 2. The molecule has 0 atom stereocenters. The molecule has 1 heterocycles. The van der Waals surface area contributed by atoms with Gasteiger partial charge in [0.05, 0.1) is 25.4 Å². The SMILES string of the molecule is COC(=O)C(C)(C)Oc1ccc(Cn2cc(C(=O)OC(C)(C)C)cn2)cc1. The van der Waals surface area contributed by atoms with Crippen molar-refractivity contribution in [3.63, 3.8) is 0 Å². The van der Waals surface area contributed by atoms with Crippen molar-refractivity contribution in [3.8, 4) is 5.75 Å². The molecule has 1 aromatic heterocycles. The molecule has 0 fully saturated rings. The highest BCUT2D eigenvalue weighted by molar-refractivity contribution is 5.89. The molecule has 1 aromatic carbocycles. The van der Waals surface area contributed by atoms with Gasteiger partial charge in [-0.2, -0.15) is 5.10 Å². The monoisotopic (exact) mass is 374 g/mol. The van der Waals surface area contributed by atoms with Gasteiger partial charge in [0.15, 0.2) is 5.60 Å². The Labute approximate surface area is 159 Å². The van der Waals surface area contributed by atoms with E-state index in [0.29, 0.717) is 17.9 Å². The van der Waals surface area contributed by atoms with Crippen LogP contribution in [0.25, 0.3) is 0 Å². The fraction of sp³-hybridized carbons (Fsp3) is 0.450. The second-order valence-corrected chi connectivity index (χ2v) is 7.68. The van der Waals surface area contributed by atoms with E-state index in [9.17, 15) is 9.59 Å². The van der Waals surface area contributed by atoms with Gasteiger partial charge in [-0.05, 0) is 52.3 Å². The molecule has 0 saturated carbocycles. The molecular formula is C20H26N2O5. The van der Waals surface area contributed by atoms with Crippen LogP contribution in [-0.4, -0.2) is 40.0 Å². The summed E-state index contributed by atoms with van der Waals surface area (Å²) in [4.78, 5) is 23.7. The number of carbonyl (C=O) groups is 2. The number of nitrogens with zero attached hydrogens (tertiary/aromatic N) is 2. The van der Waals surface area contributed by atoms with Crippen molar-refractivity contribution < 1.29 is 23.8 Å². The van der Waals surface area contributed by atoms with E-state index >= 15 is 0 Å². The van der Waals surface area contributed by atoms with Gasteiger partial charge in [0, 0.05) is 6.20 Å². The minimum absolute atomic E-state index is 0.400. The fourth-order valence-corrected chi connectivity index (χ4v) is 2.32. The smallest absolute Gasteiger partial charge is 0.349 e. The molecule has 0 spiro atoms. The van der Waals surface area contributed by atoms with Crippen molar-refractivity contribution >= 4 is 11.9 Å². The van der Waals surface area contributed by atoms with Gasteiger partial charge in [-0.25, -0.2) is 9.59 Å². The normalized spacial score (nSPS) is 11.8. The zero-order valence-electron chi connectivity index (χ0n) is 16.6. The molecule has 7 nitrogen and oxygen atoms in total. The molecule has 0 aliphatic carbocycles. The first kappa shape index (κ1) is 20.5. The molecular weight excluding hydrogens is 348 g/mol. The summed E-state index contributed by atoms with van der Waals surface area (Å²) in [5.41, 5.74) is -0.241. The molecule has 7 heteroatoms. The standard InChI is InChI=1S/C20H26N2O5/c1-19(2,3)27-17(23)15-11-21-22(13-15)12-14-7-9-16(10-8-14)26-20(4,5)18(24)25-6/h7-11,13H,12H2,1-6H3. The van der Waals surface area contributed by atoms with Crippen LogP contribution < -0.4 is 4.74 Å². The van der Waals surface area contributed by atoms with Crippen molar-refractivity contribution in [2.75, 3.05) is 7.11 Å². The minimum atomic E-state index is -1.07. The predicted molar refractivity (Wildman–Crippen MR) is 99.7 cm³/mol. The molecule has 0 bridgehead atoms. The molecule has 0 aliphatic heterocycles. The van der Waals surface area contributed by atoms with Gasteiger partial charge in [-0.15, -0.1) is 0 Å². The van der Waals surface area contributed by atoms with E-state index < -0.39 is 23.1 Å². The molecule has 0 N–H and O–H groups in total. The molecule has 2 rings (SSSR count). The number of rotatable bonds is 6. The Morgan fingerprint density at radius 1 is 1.07 bits per heavy atom. The van der Waals surface area contributed by atoms with E-state index in [4.69, 9.17) is 14.2 Å². The lowest BCUT2D eigenvalue weighted by Gasteiger charge is -2.23. The number of benzene rings is 1. The third kappa shape index (κ3) is 5.84. The molecule has 0 aliphatic rings. The lowest BCUT2D eigenvalue weighted by atomic mass is 10.1. The molecule has 0 amide bonds. The Morgan fingerprint density at radius 3 is 2.26 bits per heavy atom. The Bertz CT molecular complexity index is 801. The van der Waals surface area contributed by atoms with Gasteiger partial charge in [0.1, 0.15) is 11.4 Å². The Balaban J connectivity index is 2.01. The van der Waals surface area contributed by atoms with E-state index in [2.05, 4.69) is 5.10 Å². The number of esters is 2. The largest absolute Gasteiger partial charge is 0.476 e. The highest BCUT2D eigenvalue weighted by atomic mass is 16.6. The van der Waals surface area contributed by atoms with E-state index in [1.807, 2.05) is 32.9 Å². The maximum Gasteiger partial charge on any atom is 0.349 e. The summed E-state index contributed by atoms with van der Waals surface area (Å²) >= 11 is 0. The zero-order valence-corrected chi connectivity index (χ0v) is 16.6. The maximum atomic E-state index is 12.1.